The number of aliphatic hydroxyl groups excluding tert-OH is 1. The minimum Gasteiger partial charge on any atom is -0.456 e. The monoisotopic (exact) mass is 312 g/mol. The van der Waals surface area contributed by atoms with E-state index in [1.807, 2.05) is 0 Å². The summed E-state index contributed by atoms with van der Waals surface area (Å²) in [4.78, 5) is 0. The van der Waals surface area contributed by atoms with Crippen molar-refractivity contribution in [3.63, 3.8) is 0 Å². The summed E-state index contributed by atoms with van der Waals surface area (Å²) >= 11 is 5.88. The zero-order chi connectivity index (χ0) is 15.2. The number of aliphatic hydroxyl groups is 1. The highest BCUT2D eigenvalue weighted by atomic mass is 35.5. The lowest BCUT2D eigenvalue weighted by Crippen LogP contribution is -2.32. The van der Waals surface area contributed by atoms with E-state index in [-0.39, 0.29) is 5.56 Å². The number of rotatable bonds is 3. The summed E-state index contributed by atoms with van der Waals surface area (Å²) < 4.78 is 37.8. The Labute approximate surface area is 123 Å². The van der Waals surface area contributed by atoms with Crippen molar-refractivity contribution in [2.45, 2.75) is 12.2 Å². The van der Waals surface area contributed by atoms with Crippen LogP contribution in [0.2, 0.25) is 5.02 Å². The Morgan fingerprint density at radius 3 is 2.43 bits per heavy atom. The molecule has 1 atom stereocenters. The molecule has 0 radical (unpaired) electrons. The minimum absolute atomic E-state index is 0.299. The smallest absolute Gasteiger partial charge is 0.322 e. The first kappa shape index (κ1) is 14.3. The molecule has 3 rings (SSSR count). The predicted octanol–water partition coefficient (Wildman–Crippen LogP) is 4.30. The molecule has 0 bridgehead atoms. The van der Waals surface area contributed by atoms with Crippen LogP contribution in [-0.2, 0) is 10.7 Å². The molecule has 3 aromatic rings. The van der Waals surface area contributed by atoms with Gasteiger partial charge in [0, 0.05) is 34.5 Å². The van der Waals surface area contributed by atoms with Gasteiger partial charge in [-0.05, 0) is 24.3 Å². The van der Waals surface area contributed by atoms with Gasteiger partial charge in [-0.3, -0.25) is 0 Å². The number of methoxy groups -OCH3 is 1. The Balaban J connectivity index is 2.19. The van der Waals surface area contributed by atoms with Crippen LogP contribution in [0.4, 0.5) is 8.78 Å². The van der Waals surface area contributed by atoms with Crippen LogP contribution in [0.3, 0.4) is 0 Å². The van der Waals surface area contributed by atoms with Gasteiger partial charge in [0.05, 0.1) is 0 Å². The number of benzene rings is 2. The van der Waals surface area contributed by atoms with Crippen LogP contribution < -0.4 is 0 Å². The van der Waals surface area contributed by atoms with Crippen molar-refractivity contribution < 1.29 is 23.0 Å². The van der Waals surface area contributed by atoms with E-state index in [2.05, 4.69) is 4.74 Å². The third-order valence-electron chi connectivity index (χ3n) is 3.35. The zero-order valence-electron chi connectivity index (χ0n) is 10.9. The van der Waals surface area contributed by atoms with Gasteiger partial charge >= 0.3 is 5.92 Å². The first-order chi connectivity index (χ1) is 9.93. The van der Waals surface area contributed by atoms with E-state index >= 15 is 0 Å². The van der Waals surface area contributed by atoms with Crippen LogP contribution in [0, 0.1) is 0 Å². The molecule has 2 aromatic carbocycles. The highest BCUT2D eigenvalue weighted by Gasteiger charge is 2.41. The fourth-order valence-electron chi connectivity index (χ4n) is 2.25. The van der Waals surface area contributed by atoms with Crippen molar-refractivity contribution in [3.05, 3.63) is 47.0 Å². The third-order valence-corrected chi connectivity index (χ3v) is 3.59. The topological polar surface area (TPSA) is 42.6 Å². The van der Waals surface area contributed by atoms with E-state index in [1.165, 1.54) is 18.2 Å². The molecule has 1 aromatic heterocycles. The Kier molecular flexibility index (Phi) is 3.36. The summed E-state index contributed by atoms with van der Waals surface area (Å²) in [5.41, 5.74) is 0.438. The van der Waals surface area contributed by atoms with Crippen molar-refractivity contribution >= 4 is 33.5 Å². The van der Waals surface area contributed by atoms with Crippen molar-refractivity contribution in [3.8, 4) is 0 Å². The molecular weight excluding hydrogens is 302 g/mol. The van der Waals surface area contributed by atoms with E-state index in [4.69, 9.17) is 16.0 Å². The summed E-state index contributed by atoms with van der Waals surface area (Å²) in [6.45, 7) is 0. The first-order valence-electron chi connectivity index (χ1n) is 6.14. The second kappa shape index (κ2) is 4.94. The molecule has 0 amide bonds. The van der Waals surface area contributed by atoms with Crippen LogP contribution in [0.25, 0.3) is 21.9 Å². The minimum atomic E-state index is -3.53. The molecule has 1 unspecified atom stereocenters. The molecule has 0 aliphatic heterocycles. The van der Waals surface area contributed by atoms with Crippen LogP contribution in [-0.4, -0.2) is 18.5 Å². The van der Waals surface area contributed by atoms with E-state index in [1.54, 1.807) is 18.2 Å². The summed E-state index contributed by atoms with van der Waals surface area (Å²) in [7, 11) is 1.01. The molecule has 0 saturated heterocycles. The number of ether oxygens (including phenoxy) is 1. The normalized spacial score (nSPS) is 14.0. The highest BCUT2D eigenvalue weighted by molar-refractivity contribution is 6.31. The van der Waals surface area contributed by atoms with E-state index in [0.717, 1.165) is 12.5 Å². The first-order valence-corrected chi connectivity index (χ1v) is 6.52. The molecule has 0 aliphatic carbocycles. The van der Waals surface area contributed by atoms with Crippen LogP contribution in [0.1, 0.15) is 5.56 Å². The van der Waals surface area contributed by atoms with E-state index in [9.17, 15) is 13.9 Å². The van der Waals surface area contributed by atoms with Crippen LogP contribution in [0.5, 0.6) is 0 Å². The van der Waals surface area contributed by atoms with Gasteiger partial charge in [0.2, 0.25) is 6.29 Å². The van der Waals surface area contributed by atoms with Gasteiger partial charge in [0.25, 0.3) is 0 Å². The molecule has 3 nitrogen and oxygen atoms in total. The van der Waals surface area contributed by atoms with Gasteiger partial charge in [-0.25, -0.2) is 0 Å². The van der Waals surface area contributed by atoms with E-state index in [0.29, 0.717) is 21.6 Å². The fourth-order valence-corrected chi connectivity index (χ4v) is 2.41. The Bertz CT molecular complexity index is 813. The molecular formula is C15H11ClF2O3. The number of hydrogen-bond acceptors (Lipinski definition) is 3. The summed E-state index contributed by atoms with van der Waals surface area (Å²) in [6.07, 6.45) is -2.21. The maximum absolute atomic E-state index is 14.0. The lowest BCUT2D eigenvalue weighted by Gasteiger charge is -2.21. The predicted molar refractivity (Wildman–Crippen MR) is 75.6 cm³/mol. The second-order valence-corrected chi connectivity index (χ2v) is 5.10. The molecule has 21 heavy (non-hydrogen) atoms. The van der Waals surface area contributed by atoms with Gasteiger partial charge in [0.15, 0.2) is 0 Å². The molecule has 1 N–H and O–H groups in total. The second-order valence-electron chi connectivity index (χ2n) is 4.66. The average molecular weight is 313 g/mol. The van der Waals surface area contributed by atoms with Crippen molar-refractivity contribution in [1.29, 1.82) is 0 Å². The van der Waals surface area contributed by atoms with Gasteiger partial charge in [-0.15, -0.1) is 0 Å². The Morgan fingerprint density at radius 1 is 1.14 bits per heavy atom. The lowest BCUT2D eigenvalue weighted by molar-refractivity contribution is -0.228. The molecule has 0 fully saturated rings. The van der Waals surface area contributed by atoms with Gasteiger partial charge < -0.3 is 14.3 Å². The summed E-state index contributed by atoms with van der Waals surface area (Å²) in [5, 5.41) is 11.3. The Morgan fingerprint density at radius 2 is 1.76 bits per heavy atom. The molecule has 6 heteroatoms. The van der Waals surface area contributed by atoms with Crippen molar-refractivity contribution in [2.75, 3.05) is 7.11 Å². The van der Waals surface area contributed by atoms with Gasteiger partial charge in [0.1, 0.15) is 11.2 Å². The maximum atomic E-state index is 14.0. The molecule has 110 valence electrons. The van der Waals surface area contributed by atoms with E-state index < -0.39 is 12.2 Å². The Hall–Kier alpha value is -1.69. The zero-order valence-corrected chi connectivity index (χ0v) is 11.7. The molecule has 0 spiro atoms. The SMILES string of the molecule is COC(O)C(F)(F)c1ccc2c(c1)oc1cc(Cl)ccc12. The summed E-state index contributed by atoms with van der Waals surface area (Å²) in [6, 6.07) is 9.07. The average Bonchev–Trinajstić information content (AvgIpc) is 2.82. The van der Waals surface area contributed by atoms with Crippen LogP contribution in [0.15, 0.2) is 40.8 Å². The maximum Gasteiger partial charge on any atom is 0.322 e. The standard InChI is InChI=1S/C15H11ClF2O3/c1-20-14(19)15(17,18)8-2-4-10-11-5-3-9(16)7-13(11)21-12(10)6-8/h2-7,14,19H,1H3. The highest BCUT2D eigenvalue weighted by Crippen LogP contribution is 2.37. The fraction of sp³-hybridized carbons (Fsp3) is 0.200. The van der Waals surface area contributed by atoms with Gasteiger partial charge in [-0.2, -0.15) is 8.78 Å². The quantitative estimate of drug-likeness (QED) is 0.733. The molecule has 0 saturated carbocycles. The van der Waals surface area contributed by atoms with Gasteiger partial charge in [-0.1, -0.05) is 17.7 Å². The number of furan rings is 1. The molecule has 0 aliphatic rings. The summed E-state index contributed by atoms with van der Waals surface area (Å²) in [5.74, 6) is -3.53. The number of hydrogen-bond donors (Lipinski definition) is 1. The van der Waals surface area contributed by atoms with Crippen molar-refractivity contribution in [2.24, 2.45) is 0 Å². The molecule has 1 heterocycles. The number of fused-ring (bicyclic) bond motifs is 3. The van der Waals surface area contributed by atoms with Crippen LogP contribution >= 0.6 is 11.6 Å². The number of halogens is 3. The lowest BCUT2D eigenvalue weighted by atomic mass is 10.1. The third kappa shape index (κ3) is 2.27. The largest absolute Gasteiger partial charge is 0.456 e. The van der Waals surface area contributed by atoms with Crippen molar-refractivity contribution in [1.82, 2.24) is 0 Å². The number of alkyl halides is 2.